The van der Waals surface area contributed by atoms with Crippen LogP contribution >= 0.6 is 11.3 Å². The number of ether oxygens (including phenoxy) is 2. The minimum atomic E-state index is -0.202. The van der Waals surface area contributed by atoms with Crippen LogP contribution in [0, 0.1) is 0 Å². The first-order chi connectivity index (χ1) is 14.6. The summed E-state index contributed by atoms with van der Waals surface area (Å²) in [6.07, 6.45) is 0. The summed E-state index contributed by atoms with van der Waals surface area (Å²) < 4.78 is 10.7. The number of thiophene rings is 1. The van der Waals surface area contributed by atoms with Gasteiger partial charge in [0.2, 0.25) is 0 Å². The molecule has 2 aromatic carbocycles. The zero-order chi connectivity index (χ0) is 21.1. The van der Waals surface area contributed by atoms with Crippen molar-refractivity contribution >= 4 is 33.1 Å². The van der Waals surface area contributed by atoms with Crippen LogP contribution in [0.2, 0.25) is 0 Å². The maximum atomic E-state index is 12.7. The molecule has 7 heteroatoms. The third-order valence-corrected chi connectivity index (χ3v) is 5.89. The average molecular weight is 420 g/mol. The van der Waals surface area contributed by atoms with Crippen molar-refractivity contribution in [2.45, 2.75) is 6.54 Å². The fraction of sp³-hybridized carbons (Fsp3) is 0.130. The molecule has 0 aliphatic rings. The van der Waals surface area contributed by atoms with Gasteiger partial charge in [-0.1, -0.05) is 30.3 Å². The Bertz CT molecular complexity index is 1210. The van der Waals surface area contributed by atoms with Gasteiger partial charge in [0.05, 0.1) is 25.6 Å². The van der Waals surface area contributed by atoms with Gasteiger partial charge in [0.25, 0.3) is 5.91 Å². The van der Waals surface area contributed by atoms with E-state index in [1.165, 1.54) is 11.3 Å². The van der Waals surface area contributed by atoms with Gasteiger partial charge in [-0.2, -0.15) is 0 Å². The molecule has 4 aromatic rings. The van der Waals surface area contributed by atoms with Crippen molar-refractivity contribution in [1.82, 2.24) is 10.3 Å². The largest absolute Gasteiger partial charge is 0.493 e. The van der Waals surface area contributed by atoms with Crippen LogP contribution in [0.15, 0.2) is 60.7 Å². The lowest BCUT2D eigenvalue weighted by molar-refractivity contribution is 0.0956. The third-order valence-electron chi connectivity index (χ3n) is 4.78. The van der Waals surface area contributed by atoms with Crippen LogP contribution in [-0.4, -0.2) is 25.1 Å². The topological polar surface area (TPSA) is 86.5 Å². The van der Waals surface area contributed by atoms with E-state index in [9.17, 15) is 4.79 Å². The van der Waals surface area contributed by atoms with E-state index in [1.54, 1.807) is 14.2 Å². The summed E-state index contributed by atoms with van der Waals surface area (Å²) in [5.74, 6) is 1.08. The van der Waals surface area contributed by atoms with E-state index >= 15 is 0 Å². The summed E-state index contributed by atoms with van der Waals surface area (Å²) >= 11 is 1.29. The summed E-state index contributed by atoms with van der Waals surface area (Å²) in [6.45, 7) is 0.442. The van der Waals surface area contributed by atoms with Crippen LogP contribution in [-0.2, 0) is 6.54 Å². The first kappa shape index (κ1) is 19.7. The van der Waals surface area contributed by atoms with Crippen LogP contribution in [0.3, 0.4) is 0 Å². The maximum Gasteiger partial charge on any atom is 0.263 e. The average Bonchev–Trinajstić information content (AvgIpc) is 3.13. The molecule has 2 heterocycles. The molecular weight excluding hydrogens is 398 g/mol. The summed E-state index contributed by atoms with van der Waals surface area (Å²) in [6, 6.07) is 19.2. The number of anilines is 1. The number of hydrogen-bond donors (Lipinski definition) is 2. The molecule has 0 atom stereocenters. The van der Waals surface area contributed by atoms with Crippen molar-refractivity contribution in [3.63, 3.8) is 0 Å². The Balaban J connectivity index is 1.62. The Labute approximate surface area is 178 Å². The van der Waals surface area contributed by atoms with E-state index in [2.05, 4.69) is 5.32 Å². The highest BCUT2D eigenvalue weighted by molar-refractivity contribution is 7.21. The van der Waals surface area contributed by atoms with Crippen LogP contribution in [0.5, 0.6) is 11.5 Å². The lowest BCUT2D eigenvalue weighted by Gasteiger charge is -2.09. The molecule has 0 unspecified atom stereocenters. The number of nitrogens with two attached hydrogens (primary N) is 1. The van der Waals surface area contributed by atoms with Crippen LogP contribution < -0.4 is 20.5 Å². The number of carbonyl (C=O) groups excluding carboxylic acids is 1. The number of methoxy groups -OCH3 is 2. The fourth-order valence-corrected chi connectivity index (χ4v) is 4.19. The molecular formula is C23H21N3O3S. The molecule has 0 aliphatic carbocycles. The normalized spacial score (nSPS) is 10.7. The van der Waals surface area contributed by atoms with Crippen molar-refractivity contribution in [3.8, 4) is 22.8 Å². The summed E-state index contributed by atoms with van der Waals surface area (Å²) in [4.78, 5) is 18.6. The SMILES string of the molecule is COc1ccc(-c2ccc3c(N)c(C(=O)NCc4ccccc4)sc3n2)cc1OC. The standard InChI is InChI=1S/C23H21N3O3S/c1-28-18-11-8-15(12-19(18)29-2)17-10-9-16-20(24)21(30-23(16)26-17)22(27)25-13-14-6-4-3-5-7-14/h3-12H,13,24H2,1-2H3,(H,25,27). The smallest absolute Gasteiger partial charge is 0.263 e. The van der Waals surface area contributed by atoms with Gasteiger partial charge < -0.3 is 20.5 Å². The van der Waals surface area contributed by atoms with Crippen LogP contribution in [0.1, 0.15) is 15.2 Å². The number of nitrogen functional groups attached to an aromatic ring is 1. The zero-order valence-electron chi connectivity index (χ0n) is 16.6. The number of carbonyl (C=O) groups is 1. The van der Waals surface area contributed by atoms with Gasteiger partial charge in [-0.15, -0.1) is 11.3 Å². The van der Waals surface area contributed by atoms with Crippen molar-refractivity contribution in [3.05, 3.63) is 71.1 Å². The molecule has 0 saturated heterocycles. The van der Waals surface area contributed by atoms with Gasteiger partial charge in [-0.05, 0) is 35.9 Å². The fourth-order valence-electron chi connectivity index (χ4n) is 3.18. The number of rotatable bonds is 6. The van der Waals surface area contributed by atoms with Crippen LogP contribution in [0.4, 0.5) is 5.69 Å². The van der Waals surface area contributed by atoms with Gasteiger partial charge in [0.1, 0.15) is 9.71 Å². The molecule has 0 radical (unpaired) electrons. The van der Waals surface area contributed by atoms with Gasteiger partial charge in [0.15, 0.2) is 11.5 Å². The molecule has 1 amide bonds. The highest BCUT2D eigenvalue weighted by Gasteiger charge is 2.18. The Morgan fingerprint density at radius 1 is 1.03 bits per heavy atom. The van der Waals surface area contributed by atoms with Gasteiger partial charge >= 0.3 is 0 Å². The number of nitrogens with zero attached hydrogens (tertiary/aromatic N) is 1. The van der Waals surface area contributed by atoms with Gasteiger partial charge in [-0.3, -0.25) is 4.79 Å². The molecule has 2 aromatic heterocycles. The molecule has 0 aliphatic heterocycles. The van der Waals surface area contributed by atoms with E-state index < -0.39 is 0 Å². The minimum Gasteiger partial charge on any atom is -0.493 e. The van der Waals surface area contributed by atoms with Crippen molar-refractivity contribution < 1.29 is 14.3 Å². The van der Waals surface area contributed by atoms with Crippen LogP contribution in [0.25, 0.3) is 21.5 Å². The first-order valence-electron chi connectivity index (χ1n) is 9.34. The summed E-state index contributed by atoms with van der Waals surface area (Å²) in [7, 11) is 3.19. The molecule has 152 valence electrons. The Morgan fingerprint density at radius 2 is 1.80 bits per heavy atom. The second-order valence-corrected chi connectivity index (χ2v) is 7.63. The van der Waals surface area contributed by atoms with E-state index in [-0.39, 0.29) is 5.91 Å². The van der Waals surface area contributed by atoms with Crippen molar-refractivity contribution in [1.29, 1.82) is 0 Å². The maximum absolute atomic E-state index is 12.7. The number of hydrogen-bond acceptors (Lipinski definition) is 6. The number of pyridine rings is 1. The number of amides is 1. The predicted octanol–water partition coefficient (Wildman–Crippen LogP) is 4.49. The van der Waals surface area contributed by atoms with E-state index in [1.807, 2.05) is 60.7 Å². The molecule has 3 N–H and O–H groups in total. The molecule has 0 fully saturated rings. The van der Waals surface area contributed by atoms with E-state index in [4.69, 9.17) is 20.2 Å². The molecule has 6 nitrogen and oxygen atoms in total. The Hall–Kier alpha value is -3.58. The lowest BCUT2D eigenvalue weighted by Crippen LogP contribution is -2.22. The molecule has 0 spiro atoms. The van der Waals surface area contributed by atoms with E-state index in [0.717, 1.165) is 22.2 Å². The lowest BCUT2D eigenvalue weighted by atomic mass is 10.1. The first-order valence-corrected chi connectivity index (χ1v) is 10.2. The monoisotopic (exact) mass is 419 g/mol. The van der Waals surface area contributed by atoms with Gasteiger partial charge in [0, 0.05) is 17.5 Å². The molecule has 0 bridgehead atoms. The zero-order valence-corrected chi connectivity index (χ0v) is 17.5. The molecule has 30 heavy (non-hydrogen) atoms. The molecule has 0 saturated carbocycles. The van der Waals surface area contributed by atoms with E-state index in [0.29, 0.717) is 33.4 Å². The van der Waals surface area contributed by atoms with Crippen molar-refractivity contribution in [2.24, 2.45) is 0 Å². The number of aromatic nitrogens is 1. The minimum absolute atomic E-state index is 0.202. The summed E-state index contributed by atoms with van der Waals surface area (Å²) in [5, 5.41) is 3.70. The second kappa shape index (κ2) is 8.42. The highest BCUT2D eigenvalue weighted by atomic mass is 32.1. The highest BCUT2D eigenvalue weighted by Crippen LogP contribution is 2.36. The number of benzene rings is 2. The summed E-state index contributed by atoms with van der Waals surface area (Å²) in [5.41, 5.74) is 9.38. The number of nitrogens with one attached hydrogen (secondary N) is 1. The van der Waals surface area contributed by atoms with Crippen molar-refractivity contribution in [2.75, 3.05) is 20.0 Å². The second-order valence-electron chi connectivity index (χ2n) is 6.63. The number of fused-ring (bicyclic) bond motifs is 1. The molecule has 4 rings (SSSR count). The van der Waals surface area contributed by atoms with Gasteiger partial charge in [-0.25, -0.2) is 4.98 Å². The quantitative estimate of drug-likeness (QED) is 0.481. The Kier molecular flexibility index (Phi) is 5.54. The predicted molar refractivity (Wildman–Crippen MR) is 120 cm³/mol. The third kappa shape index (κ3) is 3.79. The Morgan fingerprint density at radius 3 is 2.53 bits per heavy atom.